The van der Waals surface area contributed by atoms with Crippen molar-refractivity contribution >= 4 is 23.2 Å². The van der Waals surface area contributed by atoms with Gasteiger partial charge < -0.3 is 15.3 Å². The zero-order valence-electron chi connectivity index (χ0n) is 11.9. The van der Waals surface area contributed by atoms with Crippen LogP contribution in [0.15, 0.2) is 11.4 Å². The highest BCUT2D eigenvalue weighted by molar-refractivity contribution is 7.10. The normalized spacial score (nSPS) is 26.0. The van der Waals surface area contributed by atoms with Crippen LogP contribution < -0.4 is 5.32 Å². The molecule has 1 aromatic rings. The number of carboxylic acid groups (broad SMARTS) is 1. The van der Waals surface area contributed by atoms with Crippen molar-refractivity contribution in [2.24, 2.45) is 0 Å². The number of hydrogen-bond donors (Lipinski definition) is 2. The number of carbonyl (C=O) groups excluding carboxylic acids is 1. The van der Waals surface area contributed by atoms with Gasteiger partial charge in [-0.15, -0.1) is 11.3 Å². The largest absolute Gasteiger partial charge is 0.479 e. The topological polar surface area (TPSA) is 69.6 Å². The number of amides is 1. The van der Waals surface area contributed by atoms with Crippen molar-refractivity contribution < 1.29 is 14.7 Å². The van der Waals surface area contributed by atoms with Crippen molar-refractivity contribution in [1.29, 1.82) is 0 Å². The molecule has 2 N–H and O–H groups in total. The van der Waals surface area contributed by atoms with Crippen LogP contribution >= 0.6 is 11.3 Å². The molecule has 6 heteroatoms. The minimum atomic E-state index is -0.934. The number of carboxylic acids is 1. The molecule has 1 aromatic heterocycles. The van der Waals surface area contributed by atoms with Gasteiger partial charge in [0, 0.05) is 11.4 Å². The van der Waals surface area contributed by atoms with Gasteiger partial charge in [0.05, 0.1) is 6.04 Å². The van der Waals surface area contributed by atoms with Gasteiger partial charge >= 0.3 is 5.97 Å². The van der Waals surface area contributed by atoms with Crippen LogP contribution in [0.4, 0.5) is 0 Å². The summed E-state index contributed by atoms with van der Waals surface area (Å²) in [6, 6.07) is 0.797. The molecule has 2 aliphatic heterocycles. The molecule has 3 heterocycles. The minimum absolute atomic E-state index is 0.0545. The molecule has 2 atom stereocenters. The summed E-state index contributed by atoms with van der Waals surface area (Å²) in [4.78, 5) is 27.1. The first-order valence-electron chi connectivity index (χ1n) is 7.51. The Balaban J connectivity index is 1.83. The highest BCUT2D eigenvalue weighted by Crippen LogP contribution is 2.34. The molecule has 0 aromatic carbocycles. The van der Waals surface area contributed by atoms with E-state index in [1.807, 2.05) is 11.4 Å². The first-order chi connectivity index (χ1) is 10.2. The van der Waals surface area contributed by atoms with E-state index in [1.165, 1.54) is 0 Å². The Morgan fingerprint density at radius 2 is 2.19 bits per heavy atom. The predicted molar refractivity (Wildman–Crippen MR) is 80.4 cm³/mol. The maximum absolute atomic E-state index is 12.8. The fraction of sp³-hybridized carbons (Fsp3) is 0.600. The number of nitrogens with zero attached hydrogens (tertiary/aromatic N) is 1. The van der Waals surface area contributed by atoms with E-state index in [0.29, 0.717) is 6.54 Å². The second-order valence-electron chi connectivity index (χ2n) is 5.68. The van der Waals surface area contributed by atoms with E-state index < -0.39 is 12.0 Å². The van der Waals surface area contributed by atoms with Crippen LogP contribution in [0.3, 0.4) is 0 Å². The standard InChI is InChI=1S/C15H20N2O3S/c18-14(11-4-2-1-3-7-16-11)17-8-5-12-10(6-9-21-12)13(17)15(19)20/h6,9,11,13,16H,1-5,7-8H2,(H,19,20). The summed E-state index contributed by atoms with van der Waals surface area (Å²) in [5, 5.41) is 14.8. The lowest BCUT2D eigenvalue weighted by molar-refractivity contribution is -0.152. The summed E-state index contributed by atoms with van der Waals surface area (Å²) < 4.78 is 0. The molecule has 2 unspecified atom stereocenters. The molecule has 5 nitrogen and oxygen atoms in total. The van der Waals surface area contributed by atoms with Crippen molar-refractivity contribution in [2.45, 2.75) is 44.2 Å². The third kappa shape index (κ3) is 2.82. The molecule has 1 fully saturated rings. The molecule has 2 aliphatic rings. The number of fused-ring (bicyclic) bond motifs is 1. The molecule has 1 saturated heterocycles. The van der Waals surface area contributed by atoms with Crippen molar-refractivity contribution in [2.75, 3.05) is 13.1 Å². The fourth-order valence-corrected chi connectivity index (χ4v) is 4.16. The van der Waals surface area contributed by atoms with Crippen LogP contribution in [-0.2, 0) is 16.0 Å². The van der Waals surface area contributed by atoms with Crippen LogP contribution in [0.1, 0.15) is 42.2 Å². The van der Waals surface area contributed by atoms with Crippen molar-refractivity contribution in [3.63, 3.8) is 0 Å². The average Bonchev–Trinajstić information content (AvgIpc) is 2.78. The van der Waals surface area contributed by atoms with E-state index in [0.717, 1.165) is 49.1 Å². The Hall–Kier alpha value is -1.40. The van der Waals surface area contributed by atoms with Crippen LogP contribution in [-0.4, -0.2) is 41.0 Å². The van der Waals surface area contributed by atoms with Crippen LogP contribution in [0.25, 0.3) is 0 Å². The van der Waals surface area contributed by atoms with E-state index in [4.69, 9.17) is 0 Å². The second-order valence-corrected chi connectivity index (χ2v) is 6.68. The van der Waals surface area contributed by atoms with E-state index in [1.54, 1.807) is 16.2 Å². The van der Waals surface area contributed by atoms with E-state index in [-0.39, 0.29) is 11.9 Å². The van der Waals surface area contributed by atoms with Crippen LogP contribution in [0, 0.1) is 0 Å². The summed E-state index contributed by atoms with van der Waals surface area (Å²) in [7, 11) is 0. The number of thiophene rings is 1. The maximum Gasteiger partial charge on any atom is 0.331 e. The summed E-state index contributed by atoms with van der Waals surface area (Å²) >= 11 is 1.58. The Morgan fingerprint density at radius 3 is 3.00 bits per heavy atom. The molecule has 0 radical (unpaired) electrons. The molecule has 0 saturated carbocycles. The van der Waals surface area contributed by atoms with Crippen molar-refractivity contribution in [3.8, 4) is 0 Å². The SMILES string of the molecule is O=C(O)C1c2ccsc2CCN1C(=O)C1CCCCCN1. The van der Waals surface area contributed by atoms with Gasteiger partial charge in [-0.2, -0.15) is 0 Å². The van der Waals surface area contributed by atoms with Crippen molar-refractivity contribution in [1.82, 2.24) is 10.2 Å². The van der Waals surface area contributed by atoms with Gasteiger partial charge in [-0.25, -0.2) is 4.79 Å². The highest BCUT2D eigenvalue weighted by atomic mass is 32.1. The number of rotatable bonds is 2. The second kappa shape index (κ2) is 6.15. The Morgan fingerprint density at radius 1 is 1.33 bits per heavy atom. The van der Waals surface area contributed by atoms with E-state index in [9.17, 15) is 14.7 Å². The number of carbonyl (C=O) groups is 2. The quantitative estimate of drug-likeness (QED) is 0.874. The first-order valence-corrected chi connectivity index (χ1v) is 8.39. The highest BCUT2D eigenvalue weighted by Gasteiger charge is 2.38. The first kappa shape index (κ1) is 14.5. The molecule has 0 spiro atoms. The molecular formula is C15H20N2O3S. The van der Waals surface area contributed by atoms with Crippen molar-refractivity contribution in [3.05, 3.63) is 21.9 Å². The van der Waals surface area contributed by atoms with Crippen LogP contribution in [0.5, 0.6) is 0 Å². The maximum atomic E-state index is 12.8. The van der Waals surface area contributed by atoms with Gasteiger partial charge in [-0.3, -0.25) is 4.79 Å². The monoisotopic (exact) mass is 308 g/mol. The Kier molecular flexibility index (Phi) is 4.26. The predicted octanol–water partition coefficient (Wildman–Crippen LogP) is 1.79. The number of hydrogen-bond acceptors (Lipinski definition) is 4. The van der Waals surface area contributed by atoms with Gasteiger partial charge in [-0.05, 0) is 42.8 Å². The van der Waals surface area contributed by atoms with Crippen LogP contribution in [0.2, 0.25) is 0 Å². The summed E-state index contributed by atoms with van der Waals surface area (Å²) in [5.41, 5.74) is 0.792. The van der Waals surface area contributed by atoms with Gasteiger partial charge in [-0.1, -0.05) is 12.8 Å². The molecule has 0 bridgehead atoms. The summed E-state index contributed by atoms with van der Waals surface area (Å²) in [5.74, 6) is -0.988. The summed E-state index contributed by atoms with van der Waals surface area (Å²) in [6.07, 6.45) is 4.81. The Bertz CT molecular complexity index is 535. The lowest BCUT2D eigenvalue weighted by atomic mass is 9.98. The number of nitrogens with one attached hydrogen (secondary N) is 1. The van der Waals surface area contributed by atoms with E-state index >= 15 is 0 Å². The Labute approximate surface area is 128 Å². The van der Waals surface area contributed by atoms with Gasteiger partial charge in [0.25, 0.3) is 0 Å². The third-order valence-corrected chi connectivity index (χ3v) is 5.34. The summed E-state index contributed by atoms with van der Waals surface area (Å²) in [6.45, 7) is 1.34. The van der Waals surface area contributed by atoms with Gasteiger partial charge in [0.2, 0.25) is 5.91 Å². The zero-order valence-corrected chi connectivity index (χ0v) is 12.7. The average molecular weight is 308 g/mol. The molecule has 1 amide bonds. The van der Waals surface area contributed by atoms with E-state index in [2.05, 4.69) is 5.32 Å². The fourth-order valence-electron chi connectivity index (χ4n) is 3.26. The smallest absolute Gasteiger partial charge is 0.331 e. The molecule has 3 rings (SSSR count). The van der Waals surface area contributed by atoms with Gasteiger partial charge in [0.15, 0.2) is 6.04 Å². The molecule has 0 aliphatic carbocycles. The number of aliphatic carboxylic acids is 1. The molecule has 21 heavy (non-hydrogen) atoms. The molecule has 114 valence electrons. The minimum Gasteiger partial charge on any atom is -0.479 e. The lowest BCUT2D eigenvalue weighted by Crippen LogP contribution is -2.51. The third-order valence-electron chi connectivity index (χ3n) is 4.34. The molecular weight excluding hydrogens is 288 g/mol. The zero-order chi connectivity index (χ0) is 14.8. The van der Waals surface area contributed by atoms with Gasteiger partial charge in [0.1, 0.15) is 0 Å². The lowest BCUT2D eigenvalue weighted by Gasteiger charge is -2.35.